The van der Waals surface area contributed by atoms with Crippen LogP contribution in [0, 0.1) is 0 Å². The summed E-state index contributed by atoms with van der Waals surface area (Å²) in [5.74, 6) is -0.622. The van der Waals surface area contributed by atoms with Gasteiger partial charge in [0.25, 0.3) is 5.91 Å². The van der Waals surface area contributed by atoms with Crippen molar-refractivity contribution in [3.05, 3.63) is 34.2 Å². The molecule has 0 aliphatic rings. The largest absolute Gasteiger partial charge is 0.380 e. The molecule has 0 radical (unpaired) electrons. The van der Waals surface area contributed by atoms with Crippen molar-refractivity contribution < 1.29 is 14.3 Å². The van der Waals surface area contributed by atoms with Crippen LogP contribution in [0.2, 0.25) is 0 Å². The highest BCUT2D eigenvalue weighted by atomic mass is 16.5. The highest BCUT2D eigenvalue weighted by Gasteiger charge is 2.12. The van der Waals surface area contributed by atoms with E-state index in [-0.39, 0.29) is 30.1 Å². The number of benzene rings is 1. The van der Waals surface area contributed by atoms with Crippen LogP contribution in [0.15, 0.2) is 23.0 Å². The number of carbonyl (C=O) groups excluding carboxylic acids is 2. The van der Waals surface area contributed by atoms with Crippen molar-refractivity contribution in [3.63, 3.8) is 0 Å². The van der Waals surface area contributed by atoms with E-state index in [1.807, 2.05) is 20.8 Å². The van der Waals surface area contributed by atoms with Crippen LogP contribution in [0.1, 0.15) is 31.1 Å². The summed E-state index contributed by atoms with van der Waals surface area (Å²) in [6, 6.07) is 4.95. The predicted molar refractivity (Wildman–Crippen MR) is 94.7 cm³/mol. The van der Waals surface area contributed by atoms with Gasteiger partial charge in [-0.05, 0) is 39.0 Å². The first-order valence-corrected chi connectivity index (χ1v) is 8.30. The lowest BCUT2D eigenvalue weighted by molar-refractivity contribution is -0.120. The Balaban J connectivity index is 2.09. The molecule has 0 fully saturated rings. The number of rotatable bonds is 8. The molecule has 0 unspecified atom stereocenters. The van der Waals surface area contributed by atoms with Gasteiger partial charge in [0, 0.05) is 18.2 Å². The molecular formula is C17H24N4O4. The van der Waals surface area contributed by atoms with E-state index in [0.717, 1.165) is 0 Å². The van der Waals surface area contributed by atoms with E-state index >= 15 is 0 Å². The average Bonchev–Trinajstić information content (AvgIpc) is 2.87. The summed E-state index contributed by atoms with van der Waals surface area (Å²) in [7, 11) is 0. The Morgan fingerprint density at radius 1 is 1.32 bits per heavy atom. The number of hydrogen-bond acceptors (Lipinski definition) is 4. The molecule has 0 bridgehead atoms. The molecule has 0 atom stereocenters. The molecule has 2 rings (SSSR count). The van der Waals surface area contributed by atoms with E-state index in [4.69, 9.17) is 4.74 Å². The second-order valence-electron chi connectivity index (χ2n) is 5.92. The second kappa shape index (κ2) is 8.48. The lowest BCUT2D eigenvalue weighted by Crippen LogP contribution is -2.39. The van der Waals surface area contributed by atoms with E-state index in [0.29, 0.717) is 36.4 Å². The number of H-pyrrole nitrogens is 1. The number of fused-ring (bicyclic) bond motifs is 1. The Morgan fingerprint density at radius 2 is 2.08 bits per heavy atom. The first-order valence-electron chi connectivity index (χ1n) is 8.30. The molecule has 2 amide bonds. The zero-order chi connectivity index (χ0) is 18.4. The maximum Gasteiger partial charge on any atom is 0.326 e. The minimum absolute atomic E-state index is 0.0160. The molecule has 8 nitrogen and oxygen atoms in total. The van der Waals surface area contributed by atoms with Gasteiger partial charge in [-0.15, -0.1) is 0 Å². The van der Waals surface area contributed by atoms with Crippen LogP contribution in [0.4, 0.5) is 0 Å². The van der Waals surface area contributed by atoms with Crippen molar-refractivity contribution in [2.24, 2.45) is 0 Å². The summed E-state index contributed by atoms with van der Waals surface area (Å²) in [5.41, 5.74) is 1.41. The predicted octanol–water partition coefficient (Wildman–Crippen LogP) is 0.621. The van der Waals surface area contributed by atoms with E-state index in [9.17, 15) is 14.4 Å². The number of amides is 2. The zero-order valence-corrected chi connectivity index (χ0v) is 14.7. The number of nitrogens with one attached hydrogen (secondary N) is 3. The number of nitrogens with zero attached hydrogens (tertiary/aromatic N) is 1. The molecule has 1 aromatic carbocycles. The fraction of sp³-hybridized carbons (Fsp3) is 0.471. The van der Waals surface area contributed by atoms with Crippen LogP contribution in [-0.2, 0) is 16.1 Å². The van der Waals surface area contributed by atoms with Gasteiger partial charge in [0.2, 0.25) is 5.91 Å². The standard InChI is InChI=1S/C17H24N4O4/c1-4-25-8-7-21-14-6-5-12(9-13(14)20-17(21)24)16(23)18-10-15(22)19-11(2)3/h5-6,9,11H,4,7-8,10H2,1-3H3,(H,18,23)(H,19,22)(H,20,24). The number of aromatic nitrogens is 2. The SMILES string of the molecule is CCOCCn1c(=O)[nH]c2cc(C(=O)NCC(=O)NC(C)C)ccc21. The molecule has 1 heterocycles. The van der Waals surface area contributed by atoms with Crippen molar-refractivity contribution in [2.75, 3.05) is 19.8 Å². The van der Waals surface area contributed by atoms with Gasteiger partial charge in [-0.2, -0.15) is 0 Å². The molecule has 8 heteroatoms. The van der Waals surface area contributed by atoms with Gasteiger partial charge in [-0.25, -0.2) is 4.79 Å². The molecule has 3 N–H and O–H groups in total. The minimum atomic E-state index is -0.372. The Bertz CT molecular complexity index is 807. The van der Waals surface area contributed by atoms with E-state index in [1.165, 1.54) is 0 Å². The topological polar surface area (TPSA) is 105 Å². The first-order chi connectivity index (χ1) is 11.9. The molecule has 0 saturated heterocycles. The Labute approximate surface area is 145 Å². The lowest BCUT2D eigenvalue weighted by atomic mass is 10.2. The molecule has 0 aliphatic carbocycles. The van der Waals surface area contributed by atoms with Gasteiger partial charge >= 0.3 is 5.69 Å². The van der Waals surface area contributed by atoms with Gasteiger partial charge in [0.15, 0.2) is 0 Å². The van der Waals surface area contributed by atoms with Crippen LogP contribution in [0.5, 0.6) is 0 Å². The molecule has 136 valence electrons. The summed E-state index contributed by atoms with van der Waals surface area (Å²) >= 11 is 0. The molecule has 1 aromatic heterocycles. The van der Waals surface area contributed by atoms with Crippen LogP contribution >= 0.6 is 0 Å². The molecule has 25 heavy (non-hydrogen) atoms. The summed E-state index contributed by atoms with van der Waals surface area (Å²) in [6.07, 6.45) is 0. The maximum atomic E-state index is 12.2. The van der Waals surface area contributed by atoms with Crippen LogP contribution < -0.4 is 16.3 Å². The van der Waals surface area contributed by atoms with Crippen LogP contribution in [0.25, 0.3) is 11.0 Å². The van der Waals surface area contributed by atoms with E-state index < -0.39 is 0 Å². The fourth-order valence-corrected chi connectivity index (χ4v) is 2.46. The highest BCUT2D eigenvalue weighted by molar-refractivity contribution is 5.99. The van der Waals surface area contributed by atoms with Crippen molar-refractivity contribution in [2.45, 2.75) is 33.4 Å². The van der Waals surface area contributed by atoms with Crippen molar-refractivity contribution in [3.8, 4) is 0 Å². The third-order valence-corrected chi connectivity index (χ3v) is 3.56. The molecule has 0 spiro atoms. The van der Waals surface area contributed by atoms with Gasteiger partial charge in [-0.1, -0.05) is 0 Å². The number of carbonyl (C=O) groups is 2. The summed E-state index contributed by atoms with van der Waals surface area (Å²) in [4.78, 5) is 38.5. The van der Waals surface area contributed by atoms with Crippen molar-refractivity contribution >= 4 is 22.8 Å². The average molecular weight is 348 g/mol. The van der Waals surface area contributed by atoms with Gasteiger partial charge in [0.05, 0.1) is 30.7 Å². The lowest BCUT2D eigenvalue weighted by Gasteiger charge is -2.09. The van der Waals surface area contributed by atoms with Crippen molar-refractivity contribution in [1.82, 2.24) is 20.2 Å². The molecular weight excluding hydrogens is 324 g/mol. The summed E-state index contributed by atoms with van der Waals surface area (Å²) < 4.78 is 6.85. The third kappa shape index (κ3) is 4.93. The monoisotopic (exact) mass is 348 g/mol. The van der Waals surface area contributed by atoms with Crippen molar-refractivity contribution in [1.29, 1.82) is 0 Å². The number of imidazole rings is 1. The highest BCUT2D eigenvalue weighted by Crippen LogP contribution is 2.13. The maximum absolute atomic E-state index is 12.2. The zero-order valence-electron chi connectivity index (χ0n) is 14.7. The second-order valence-corrected chi connectivity index (χ2v) is 5.92. The Morgan fingerprint density at radius 3 is 2.76 bits per heavy atom. The van der Waals surface area contributed by atoms with Crippen LogP contribution in [0.3, 0.4) is 0 Å². The molecule has 0 saturated carbocycles. The number of hydrogen-bond donors (Lipinski definition) is 3. The summed E-state index contributed by atoms with van der Waals surface area (Å²) in [5, 5.41) is 5.26. The van der Waals surface area contributed by atoms with Crippen LogP contribution in [-0.4, -0.2) is 47.2 Å². The van der Waals surface area contributed by atoms with Gasteiger partial charge < -0.3 is 20.4 Å². The minimum Gasteiger partial charge on any atom is -0.380 e. The third-order valence-electron chi connectivity index (χ3n) is 3.56. The Kier molecular flexibility index (Phi) is 6.35. The van der Waals surface area contributed by atoms with E-state index in [1.54, 1.807) is 22.8 Å². The molecule has 2 aromatic rings. The summed E-state index contributed by atoms with van der Waals surface area (Å²) in [6.45, 7) is 6.96. The fourth-order valence-electron chi connectivity index (χ4n) is 2.46. The quantitative estimate of drug-likeness (QED) is 0.608. The van der Waals surface area contributed by atoms with Gasteiger partial charge in [0.1, 0.15) is 0 Å². The van der Waals surface area contributed by atoms with E-state index in [2.05, 4.69) is 15.6 Å². The Hall–Kier alpha value is -2.61. The number of ether oxygens (including phenoxy) is 1. The smallest absolute Gasteiger partial charge is 0.326 e. The molecule has 0 aliphatic heterocycles. The normalized spacial score (nSPS) is 11.0. The van der Waals surface area contributed by atoms with Gasteiger partial charge in [-0.3, -0.25) is 14.2 Å². The first kappa shape index (κ1) is 18.7. The number of aromatic amines is 1.